The highest BCUT2D eigenvalue weighted by Gasteiger charge is 2.34. The number of nitrogens with two attached hydrogens (primary N) is 1. The number of hydrogen-bond acceptors (Lipinski definition) is 3. The average molecular weight is 269 g/mol. The molecule has 19 heavy (non-hydrogen) atoms. The van der Waals surface area contributed by atoms with Crippen molar-refractivity contribution in [3.63, 3.8) is 0 Å². The molecule has 0 aromatic heterocycles. The molecule has 0 aromatic carbocycles. The maximum Gasteiger partial charge on any atom is 0.233 e. The van der Waals surface area contributed by atoms with Crippen LogP contribution in [0.4, 0.5) is 0 Å². The Balaban J connectivity index is 2.47. The largest absolute Gasteiger partial charge is 0.409 e. The maximum absolute atomic E-state index is 12.2. The smallest absolute Gasteiger partial charge is 0.233 e. The van der Waals surface area contributed by atoms with Crippen molar-refractivity contribution in [1.82, 2.24) is 5.32 Å². The van der Waals surface area contributed by atoms with Crippen molar-refractivity contribution in [2.45, 2.75) is 65.3 Å². The van der Waals surface area contributed by atoms with Gasteiger partial charge in [0, 0.05) is 6.04 Å². The van der Waals surface area contributed by atoms with Crippen LogP contribution in [0.1, 0.15) is 59.3 Å². The van der Waals surface area contributed by atoms with Gasteiger partial charge in [0.25, 0.3) is 0 Å². The van der Waals surface area contributed by atoms with Gasteiger partial charge in [-0.05, 0) is 45.4 Å². The van der Waals surface area contributed by atoms with E-state index in [0.29, 0.717) is 0 Å². The molecule has 0 bridgehead atoms. The van der Waals surface area contributed by atoms with Crippen LogP contribution in [0.15, 0.2) is 5.16 Å². The molecular weight excluding hydrogens is 242 g/mol. The molecule has 0 saturated heterocycles. The van der Waals surface area contributed by atoms with Crippen LogP contribution < -0.4 is 11.1 Å². The number of amides is 1. The van der Waals surface area contributed by atoms with Crippen LogP contribution in [0.5, 0.6) is 0 Å². The Morgan fingerprint density at radius 2 is 1.95 bits per heavy atom. The Labute approximate surface area is 115 Å². The summed E-state index contributed by atoms with van der Waals surface area (Å²) in [6.07, 6.45) is 6.95. The fourth-order valence-electron chi connectivity index (χ4n) is 2.61. The van der Waals surface area contributed by atoms with Gasteiger partial charge in [0.05, 0.1) is 0 Å². The van der Waals surface area contributed by atoms with Crippen LogP contribution in [0.3, 0.4) is 0 Å². The number of rotatable bonds is 5. The van der Waals surface area contributed by atoms with E-state index < -0.39 is 5.41 Å². The fourth-order valence-corrected chi connectivity index (χ4v) is 2.61. The predicted molar refractivity (Wildman–Crippen MR) is 76.0 cm³/mol. The highest BCUT2D eigenvalue weighted by Crippen LogP contribution is 2.28. The zero-order valence-corrected chi connectivity index (χ0v) is 12.3. The molecule has 0 heterocycles. The molecule has 4 N–H and O–H groups in total. The molecule has 1 fully saturated rings. The van der Waals surface area contributed by atoms with Crippen LogP contribution in [0.25, 0.3) is 0 Å². The first-order valence-electron chi connectivity index (χ1n) is 7.20. The van der Waals surface area contributed by atoms with Gasteiger partial charge in [-0.1, -0.05) is 24.9 Å². The Hall–Kier alpha value is -1.26. The molecule has 5 nitrogen and oxygen atoms in total. The lowest BCUT2D eigenvalue weighted by atomic mass is 9.82. The molecule has 1 saturated carbocycles. The number of nitrogens with zero attached hydrogens (tertiary/aromatic N) is 1. The van der Waals surface area contributed by atoms with Crippen molar-refractivity contribution < 1.29 is 10.0 Å². The van der Waals surface area contributed by atoms with E-state index in [9.17, 15) is 4.79 Å². The standard InChI is InChI=1S/C14H27N3O2/c1-4-5-10-6-8-11(9-7-10)16-13(18)14(2,3)12(15)17-19/h10-11,19H,4-9H2,1-3H3,(H2,15,17)(H,16,18). The topological polar surface area (TPSA) is 87.7 Å². The third-order valence-corrected chi connectivity index (χ3v) is 4.19. The summed E-state index contributed by atoms with van der Waals surface area (Å²) >= 11 is 0. The van der Waals surface area contributed by atoms with E-state index in [1.54, 1.807) is 13.8 Å². The van der Waals surface area contributed by atoms with Crippen molar-refractivity contribution in [3.8, 4) is 0 Å². The molecule has 5 heteroatoms. The summed E-state index contributed by atoms with van der Waals surface area (Å²) in [5.74, 6) is 0.599. The van der Waals surface area contributed by atoms with Gasteiger partial charge in [-0.15, -0.1) is 0 Å². The van der Waals surface area contributed by atoms with Crippen LogP contribution >= 0.6 is 0 Å². The average Bonchev–Trinajstić information content (AvgIpc) is 2.40. The zero-order chi connectivity index (χ0) is 14.5. The lowest BCUT2D eigenvalue weighted by Gasteiger charge is -2.31. The second-order valence-electron chi connectivity index (χ2n) is 6.09. The maximum atomic E-state index is 12.2. The van der Waals surface area contributed by atoms with Crippen molar-refractivity contribution >= 4 is 11.7 Å². The van der Waals surface area contributed by atoms with E-state index in [2.05, 4.69) is 17.4 Å². The van der Waals surface area contributed by atoms with E-state index in [0.717, 1.165) is 18.8 Å². The Kier molecular flexibility index (Phi) is 5.63. The summed E-state index contributed by atoms with van der Waals surface area (Å²) in [5, 5.41) is 14.7. The van der Waals surface area contributed by atoms with E-state index in [1.807, 2.05) is 0 Å². The van der Waals surface area contributed by atoms with E-state index in [-0.39, 0.29) is 17.8 Å². The Morgan fingerprint density at radius 3 is 2.42 bits per heavy atom. The van der Waals surface area contributed by atoms with Crippen molar-refractivity contribution in [2.24, 2.45) is 22.2 Å². The summed E-state index contributed by atoms with van der Waals surface area (Å²) in [4.78, 5) is 12.2. The van der Waals surface area contributed by atoms with Gasteiger partial charge in [-0.2, -0.15) is 0 Å². The van der Waals surface area contributed by atoms with Crippen molar-refractivity contribution in [2.75, 3.05) is 0 Å². The number of amidine groups is 1. The number of carbonyl (C=O) groups excluding carboxylic acids is 1. The normalized spacial score (nSPS) is 25.1. The quantitative estimate of drug-likeness (QED) is 0.309. The first-order valence-corrected chi connectivity index (χ1v) is 7.20. The third-order valence-electron chi connectivity index (χ3n) is 4.19. The number of carbonyl (C=O) groups is 1. The summed E-state index contributed by atoms with van der Waals surface area (Å²) in [6.45, 7) is 5.55. The molecule has 0 atom stereocenters. The molecule has 0 spiro atoms. The molecule has 0 aromatic rings. The molecule has 0 unspecified atom stereocenters. The molecule has 0 aliphatic heterocycles. The molecular formula is C14H27N3O2. The van der Waals surface area contributed by atoms with Crippen LogP contribution in [0.2, 0.25) is 0 Å². The van der Waals surface area contributed by atoms with Crippen LogP contribution in [-0.2, 0) is 4.79 Å². The number of nitrogens with one attached hydrogen (secondary N) is 1. The summed E-state index contributed by atoms with van der Waals surface area (Å²) in [7, 11) is 0. The molecule has 110 valence electrons. The molecule has 0 radical (unpaired) electrons. The number of oxime groups is 1. The zero-order valence-electron chi connectivity index (χ0n) is 12.3. The van der Waals surface area contributed by atoms with Gasteiger partial charge >= 0.3 is 0 Å². The first kappa shape index (κ1) is 15.8. The van der Waals surface area contributed by atoms with Gasteiger partial charge in [0.2, 0.25) is 5.91 Å². The van der Waals surface area contributed by atoms with Crippen LogP contribution in [-0.4, -0.2) is 23.0 Å². The molecule has 1 aliphatic carbocycles. The van der Waals surface area contributed by atoms with E-state index >= 15 is 0 Å². The van der Waals surface area contributed by atoms with Gasteiger partial charge in [0.1, 0.15) is 5.41 Å². The molecule has 1 aliphatic rings. The summed E-state index contributed by atoms with van der Waals surface area (Å²) < 4.78 is 0. The number of hydrogen-bond donors (Lipinski definition) is 3. The summed E-state index contributed by atoms with van der Waals surface area (Å²) in [6, 6.07) is 0.228. The second kappa shape index (κ2) is 6.78. The van der Waals surface area contributed by atoms with Gasteiger partial charge < -0.3 is 16.3 Å². The van der Waals surface area contributed by atoms with Crippen molar-refractivity contribution in [3.05, 3.63) is 0 Å². The van der Waals surface area contributed by atoms with Gasteiger partial charge in [0.15, 0.2) is 5.84 Å². The lowest BCUT2D eigenvalue weighted by molar-refractivity contribution is -0.127. The highest BCUT2D eigenvalue weighted by molar-refractivity contribution is 6.05. The minimum atomic E-state index is -0.963. The van der Waals surface area contributed by atoms with Gasteiger partial charge in [-0.3, -0.25) is 4.79 Å². The fraction of sp³-hybridized carbons (Fsp3) is 0.857. The SMILES string of the molecule is CCCC1CCC(NC(=O)C(C)(C)C(N)=NO)CC1. The Bertz CT molecular complexity index is 332. The highest BCUT2D eigenvalue weighted by atomic mass is 16.4. The van der Waals surface area contributed by atoms with Gasteiger partial charge in [-0.25, -0.2) is 0 Å². The van der Waals surface area contributed by atoms with E-state index in [1.165, 1.54) is 25.7 Å². The second-order valence-corrected chi connectivity index (χ2v) is 6.09. The predicted octanol–water partition coefficient (Wildman–Crippen LogP) is 2.23. The lowest BCUT2D eigenvalue weighted by Crippen LogP contribution is -2.49. The Morgan fingerprint density at radius 1 is 1.37 bits per heavy atom. The summed E-state index contributed by atoms with van der Waals surface area (Å²) in [5.41, 5.74) is 4.59. The first-order chi connectivity index (χ1) is 8.91. The van der Waals surface area contributed by atoms with Crippen molar-refractivity contribution in [1.29, 1.82) is 0 Å². The molecule has 1 amide bonds. The van der Waals surface area contributed by atoms with Crippen LogP contribution in [0, 0.1) is 11.3 Å². The minimum Gasteiger partial charge on any atom is -0.409 e. The van der Waals surface area contributed by atoms with E-state index in [4.69, 9.17) is 10.9 Å². The minimum absolute atomic E-state index is 0.0512. The third kappa shape index (κ3) is 4.11. The molecule has 1 rings (SSSR count). The monoisotopic (exact) mass is 269 g/mol.